The molecule has 110 valence electrons. The molecule has 1 aliphatic rings. The Balaban J connectivity index is 2.17. The SMILES string of the molecule is CCc1nc(C2(c3ccccc3)CCCC2)nc(Cl)c1C. The van der Waals surface area contributed by atoms with Gasteiger partial charge < -0.3 is 0 Å². The normalized spacial score (nSPS) is 17.1. The standard InChI is InChI=1S/C18H21ClN2/c1-3-15-13(2)16(19)21-17(20-15)18(11-7-8-12-18)14-9-5-4-6-10-14/h4-6,9-10H,3,7-8,11-12H2,1-2H3. The van der Waals surface area contributed by atoms with E-state index in [-0.39, 0.29) is 5.41 Å². The van der Waals surface area contributed by atoms with E-state index in [1.807, 2.05) is 6.92 Å². The summed E-state index contributed by atoms with van der Waals surface area (Å²) in [6.07, 6.45) is 5.57. The fraction of sp³-hybridized carbons (Fsp3) is 0.444. The van der Waals surface area contributed by atoms with E-state index in [2.05, 4.69) is 42.2 Å². The molecule has 0 amide bonds. The zero-order valence-electron chi connectivity index (χ0n) is 12.7. The summed E-state index contributed by atoms with van der Waals surface area (Å²) in [6, 6.07) is 10.7. The molecule has 0 atom stereocenters. The van der Waals surface area contributed by atoms with Crippen LogP contribution >= 0.6 is 11.6 Å². The predicted octanol–water partition coefficient (Wildman–Crippen LogP) is 4.86. The van der Waals surface area contributed by atoms with Gasteiger partial charge in [-0.3, -0.25) is 0 Å². The van der Waals surface area contributed by atoms with E-state index in [4.69, 9.17) is 16.6 Å². The van der Waals surface area contributed by atoms with Gasteiger partial charge >= 0.3 is 0 Å². The molecule has 1 aromatic heterocycles. The highest BCUT2D eigenvalue weighted by atomic mass is 35.5. The summed E-state index contributed by atoms with van der Waals surface area (Å²) in [6.45, 7) is 4.13. The molecule has 0 aliphatic heterocycles. The van der Waals surface area contributed by atoms with Gasteiger partial charge in [0.05, 0.1) is 5.41 Å². The van der Waals surface area contributed by atoms with Crippen LogP contribution < -0.4 is 0 Å². The zero-order chi connectivity index (χ0) is 14.9. The molecule has 2 nitrogen and oxygen atoms in total. The summed E-state index contributed by atoms with van der Waals surface area (Å²) < 4.78 is 0. The van der Waals surface area contributed by atoms with E-state index < -0.39 is 0 Å². The van der Waals surface area contributed by atoms with Crippen LogP contribution in [0.2, 0.25) is 5.15 Å². The fourth-order valence-corrected chi connectivity index (χ4v) is 3.66. The quantitative estimate of drug-likeness (QED) is 0.756. The zero-order valence-corrected chi connectivity index (χ0v) is 13.5. The number of aryl methyl sites for hydroxylation is 1. The third-order valence-electron chi connectivity index (χ3n) is 4.73. The fourth-order valence-electron chi connectivity index (χ4n) is 3.47. The lowest BCUT2D eigenvalue weighted by molar-refractivity contribution is 0.496. The Morgan fingerprint density at radius 1 is 1.10 bits per heavy atom. The number of hydrogen-bond donors (Lipinski definition) is 0. The first-order valence-electron chi connectivity index (χ1n) is 7.76. The Hall–Kier alpha value is -1.41. The van der Waals surface area contributed by atoms with E-state index in [0.29, 0.717) is 5.15 Å². The molecule has 1 fully saturated rings. The molecule has 3 heteroatoms. The Morgan fingerprint density at radius 3 is 2.38 bits per heavy atom. The summed E-state index contributed by atoms with van der Waals surface area (Å²) in [5.41, 5.74) is 3.36. The average molecular weight is 301 g/mol. The summed E-state index contributed by atoms with van der Waals surface area (Å²) in [4.78, 5) is 9.55. The smallest absolute Gasteiger partial charge is 0.140 e. The van der Waals surface area contributed by atoms with Crippen molar-refractivity contribution in [2.75, 3.05) is 0 Å². The van der Waals surface area contributed by atoms with Gasteiger partial charge in [-0.25, -0.2) is 9.97 Å². The number of halogens is 1. The van der Waals surface area contributed by atoms with Crippen LogP contribution in [-0.4, -0.2) is 9.97 Å². The van der Waals surface area contributed by atoms with Gasteiger partial charge in [0.2, 0.25) is 0 Å². The maximum absolute atomic E-state index is 6.37. The lowest BCUT2D eigenvalue weighted by atomic mass is 9.78. The number of benzene rings is 1. The second-order valence-corrected chi connectivity index (χ2v) is 6.28. The highest BCUT2D eigenvalue weighted by Gasteiger charge is 2.40. The van der Waals surface area contributed by atoms with Crippen molar-refractivity contribution >= 4 is 11.6 Å². The van der Waals surface area contributed by atoms with Gasteiger partial charge in [-0.2, -0.15) is 0 Å². The van der Waals surface area contributed by atoms with E-state index >= 15 is 0 Å². The minimum Gasteiger partial charge on any atom is -0.237 e. The van der Waals surface area contributed by atoms with Crippen LogP contribution in [0.25, 0.3) is 0 Å². The van der Waals surface area contributed by atoms with Crippen LogP contribution in [0.4, 0.5) is 0 Å². The molecule has 0 radical (unpaired) electrons. The second kappa shape index (κ2) is 5.76. The van der Waals surface area contributed by atoms with Crippen molar-refractivity contribution in [2.45, 2.75) is 51.4 Å². The minimum atomic E-state index is -0.0531. The van der Waals surface area contributed by atoms with E-state index in [9.17, 15) is 0 Å². The number of hydrogen-bond acceptors (Lipinski definition) is 2. The van der Waals surface area contributed by atoms with Crippen LogP contribution in [-0.2, 0) is 11.8 Å². The summed E-state index contributed by atoms with van der Waals surface area (Å²) in [5, 5.41) is 0.610. The van der Waals surface area contributed by atoms with Gasteiger partial charge in [0.25, 0.3) is 0 Å². The van der Waals surface area contributed by atoms with Gasteiger partial charge in [-0.15, -0.1) is 0 Å². The van der Waals surface area contributed by atoms with Crippen LogP contribution in [0, 0.1) is 6.92 Å². The molecular weight excluding hydrogens is 280 g/mol. The largest absolute Gasteiger partial charge is 0.237 e. The molecule has 1 saturated carbocycles. The number of nitrogens with zero attached hydrogens (tertiary/aromatic N) is 2. The van der Waals surface area contributed by atoms with Crippen LogP contribution in [0.1, 0.15) is 55.3 Å². The first-order chi connectivity index (χ1) is 10.2. The Bertz CT molecular complexity index is 631. The molecule has 0 unspecified atom stereocenters. The monoisotopic (exact) mass is 300 g/mol. The maximum Gasteiger partial charge on any atom is 0.140 e. The van der Waals surface area contributed by atoms with Crippen molar-refractivity contribution in [3.63, 3.8) is 0 Å². The molecule has 1 aromatic carbocycles. The van der Waals surface area contributed by atoms with Crippen molar-refractivity contribution in [2.24, 2.45) is 0 Å². The molecule has 21 heavy (non-hydrogen) atoms. The predicted molar refractivity (Wildman–Crippen MR) is 86.8 cm³/mol. The van der Waals surface area contributed by atoms with Crippen molar-refractivity contribution < 1.29 is 0 Å². The van der Waals surface area contributed by atoms with Gasteiger partial charge in [-0.05, 0) is 31.7 Å². The molecule has 2 aromatic rings. The molecule has 0 spiro atoms. The Morgan fingerprint density at radius 2 is 1.76 bits per heavy atom. The van der Waals surface area contributed by atoms with Crippen molar-refractivity contribution in [3.05, 3.63) is 58.1 Å². The number of aromatic nitrogens is 2. The van der Waals surface area contributed by atoms with Crippen LogP contribution in [0.3, 0.4) is 0 Å². The Labute approximate surface area is 131 Å². The summed E-state index contributed by atoms with van der Waals surface area (Å²) >= 11 is 6.37. The molecule has 1 heterocycles. The third-order valence-corrected chi connectivity index (χ3v) is 5.10. The molecule has 1 aliphatic carbocycles. The lowest BCUT2D eigenvalue weighted by Crippen LogP contribution is -2.27. The highest BCUT2D eigenvalue weighted by molar-refractivity contribution is 6.30. The first kappa shape index (κ1) is 14.5. The van der Waals surface area contributed by atoms with Gasteiger partial charge in [0.1, 0.15) is 11.0 Å². The van der Waals surface area contributed by atoms with E-state index in [1.165, 1.54) is 18.4 Å². The molecule has 0 N–H and O–H groups in total. The molecular formula is C18H21ClN2. The van der Waals surface area contributed by atoms with Gasteiger partial charge in [-0.1, -0.05) is 61.7 Å². The van der Waals surface area contributed by atoms with Crippen molar-refractivity contribution in [1.82, 2.24) is 9.97 Å². The van der Waals surface area contributed by atoms with E-state index in [1.54, 1.807) is 0 Å². The minimum absolute atomic E-state index is 0.0531. The number of rotatable bonds is 3. The lowest BCUT2D eigenvalue weighted by Gasteiger charge is -2.29. The summed E-state index contributed by atoms with van der Waals surface area (Å²) in [7, 11) is 0. The Kier molecular flexibility index (Phi) is 3.99. The van der Waals surface area contributed by atoms with Crippen molar-refractivity contribution in [3.8, 4) is 0 Å². The van der Waals surface area contributed by atoms with Gasteiger partial charge in [0.15, 0.2) is 0 Å². The van der Waals surface area contributed by atoms with Crippen LogP contribution in [0.5, 0.6) is 0 Å². The average Bonchev–Trinajstić information content (AvgIpc) is 3.01. The first-order valence-corrected chi connectivity index (χ1v) is 8.14. The van der Waals surface area contributed by atoms with Crippen LogP contribution in [0.15, 0.2) is 30.3 Å². The maximum atomic E-state index is 6.37. The highest BCUT2D eigenvalue weighted by Crippen LogP contribution is 2.45. The van der Waals surface area contributed by atoms with Gasteiger partial charge in [0, 0.05) is 11.3 Å². The molecule has 0 bridgehead atoms. The van der Waals surface area contributed by atoms with E-state index in [0.717, 1.165) is 36.3 Å². The topological polar surface area (TPSA) is 25.8 Å². The van der Waals surface area contributed by atoms with Crippen molar-refractivity contribution in [1.29, 1.82) is 0 Å². The molecule has 0 saturated heterocycles. The molecule has 3 rings (SSSR count). The third kappa shape index (κ3) is 2.46. The second-order valence-electron chi connectivity index (χ2n) is 5.92. The summed E-state index contributed by atoms with van der Waals surface area (Å²) in [5.74, 6) is 0.915.